The van der Waals surface area contributed by atoms with Gasteiger partial charge in [0, 0.05) is 17.0 Å². The van der Waals surface area contributed by atoms with E-state index in [1.165, 1.54) is 53.1 Å². The largest absolute Gasteiger partial charge is 0.324 e. The third-order valence-electron chi connectivity index (χ3n) is 5.78. The SMILES string of the molecule is CC(C)(C)c1ccc(C(=O)N2C(C(=O)Nc3ccc(F)cc3)CSC2c2cccc(F)c2)cc1. The Morgan fingerprint density at radius 1 is 0.941 bits per heavy atom. The van der Waals surface area contributed by atoms with Crippen LogP contribution in [-0.4, -0.2) is 28.5 Å². The second kappa shape index (κ2) is 9.58. The van der Waals surface area contributed by atoms with Gasteiger partial charge in [0.1, 0.15) is 23.1 Å². The zero-order chi connectivity index (χ0) is 24.5. The average molecular weight is 481 g/mol. The van der Waals surface area contributed by atoms with Crippen molar-refractivity contribution >= 4 is 29.3 Å². The van der Waals surface area contributed by atoms with Crippen molar-refractivity contribution in [2.45, 2.75) is 37.6 Å². The number of halogens is 2. The lowest BCUT2D eigenvalue weighted by Gasteiger charge is -2.29. The van der Waals surface area contributed by atoms with Crippen LogP contribution >= 0.6 is 11.8 Å². The molecule has 3 aromatic rings. The molecular formula is C27H26F2N2O2S. The maximum Gasteiger partial charge on any atom is 0.255 e. The molecule has 4 rings (SSSR count). The zero-order valence-corrected chi connectivity index (χ0v) is 20.0. The average Bonchev–Trinajstić information content (AvgIpc) is 3.25. The minimum absolute atomic E-state index is 0.0627. The fourth-order valence-corrected chi connectivity index (χ4v) is 5.31. The van der Waals surface area contributed by atoms with Crippen molar-refractivity contribution in [3.8, 4) is 0 Å². The number of rotatable bonds is 4. The number of nitrogens with one attached hydrogen (secondary N) is 1. The number of nitrogens with zero attached hydrogens (tertiary/aromatic N) is 1. The smallest absolute Gasteiger partial charge is 0.255 e. The normalized spacial score (nSPS) is 18.1. The van der Waals surface area contributed by atoms with E-state index in [9.17, 15) is 18.4 Å². The highest BCUT2D eigenvalue weighted by atomic mass is 32.2. The molecule has 34 heavy (non-hydrogen) atoms. The molecule has 0 aromatic heterocycles. The molecule has 1 aliphatic rings. The van der Waals surface area contributed by atoms with Gasteiger partial charge < -0.3 is 10.2 Å². The van der Waals surface area contributed by atoms with Gasteiger partial charge in [-0.05, 0) is 65.1 Å². The van der Waals surface area contributed by atoms with Gasteiger partial charge in [-0.3, -0.25) is 9.59 Å². The van der Waals surface area contributed by atoms with E-state index in [2.05, 4.69) is 26.1 Å². The monoisotopic (exact) mass is 480 g/mol. The predicted octanol–water partition coefficient (Wildman–Crippen LogP) is 6.16. The van der Waals surface area contributed by atoms with E-state index in [1.807, 2.05) is 12.1 Å². The number of carbonyl (C=O) groups is 2. The fraction of sp³-hybridized carbons (Fsp3) is 0.259. The number of benzene rings is 3. The second-order valence-corrected chi connectivity index (χ2v) is 10.4. The van der Waals surface area contributed by atoms with Gasteiger partial charge in [0.25, 0.3) is 5.91 Å². The Balaban J connectivity index is 1.66. The molecule has 7 heteroatoms. The van der Waals surface area contributed by atoms with Gasteiger partial charge in [-0.1, -0.05) is 45.0 Å². The third kappa shape index (κ3) is 5.14. The van der Waals surface area contributed by atoms with Gasteiger partial charge in [-0.15, -0.1) is 11.8 Å². The van der Waals surface area contributed by atoms with Gasteiger partial charge in [-0.25, -0.2) is 8.78 Å². The maximum atomic E-state index is 14.0. The molecule has 0 aliphatic carbocycles. The highest BCUT2D eigenvalue weighted by molar-refractivity contribution is 7.99. The first kappa shape index (κ1) is 24.0. The Morgan fingerprint density at radius 3 is 2.24 bits per heavy atom. The van der Waals surface area contributed by atoms with E-state index >= 15 is 0 Å². The van der Waals surface area contributed by atoms with Crippen LogP contribution in [0.3, 0.4) is 0 Å². The Morgan fingerprint density at radius 2 is 1.62 bits per heavy atom. The van der Waals surface area contributed by atoms with Gasteiger partial charge in [0.2, 0.25) is 5.91 Å². The highest BCUT2D eigenvalue weighted by Gasteiger charge is 2.42. The van der Waals surface area contributed by atoms with E-state index in [0.717, 1.165) is 5.56 Å². The summed E-state index contributed by atoms with van der Waals surface area (Å²) >= 11 is 1.41. The lowest BCUT2D eigenvalue weighted by atomic mass is 9.86. The van der Waals surface area contributed by atoms with Gasteiger partial charge >= 0.3 is 0 Å². The van der Waals surface area contributed by atoms with Crippen molar-refractivity contribution in [2.75, 3.05) is 11.1 Å². The van der Waals surface area contributed by atoms with E-state index in [1.54, 1.807) is 24.3 Å². The molecule has 0 radical (unpaired) electrons. The van der Waals surface area contributed by atoms with Crippen molar-refractivity contribution < 1.29 is 18.4 Å². The Labute approximate surface area is 202 Å². The summed E-state index contributed by atoms with van der Waals surface area (Å²) in [5, 5.41) is 2.25. The first-order valence-electron chi connectivity index (χ1n) is 11.0. The molecular weight excluding hydrogens is 454 g/mol. The minimum Gasteiger partial charge on any atom is -0.324 e. The van der Waals surface area contributed by atoms with Crippen LogP contribution < -0.4 is 5.32 Å². The third-order valence-corrected chi connectivity index (χ3v) is 7.10. The number of amides is 2. The summed E-state index contributed by atoms with van der Waals surface area (Å²) in [7, 11) is 0. The first-order valence-corrected chi connectivity index (χ1v) is 12.0. The summed E-state index contributed by atoms with van der Waals surface area (Å²) in [6.07, 6.45) is 0. The summed E-state index contributed by atoms with van der Waals surface area (Å²) in [5.74, 6) is -1.15. The molecule has 1 saturated heterocycles. The van der Waals surface area contributed by atoms with Crippen LogP contribution in [0.25, 0.3) is 0 Å². The summed E-state index contributed by atoms with van der Waals surface area (Å²) in [4.78, 5) is 28.4. The Hall–Kier alpha value is -3.19. The van der Waals surface area contributed by atoms with Crippen molar-refractivity contribution in [3.63, 3.8) is 0 Å². The molecule has 0 bridgehead atoms. The molecule has 2 atom stereocenters. The molecule has 1 heterocycles. The molecule has 2 unspecified atom stereocenters. The van der Waals surface area contributed by atoms with E-state index < -0.39 is 23.1 Å². The van der Waals surface area contributed by atoms with Gasteiger partial charge in [-0.2, -0.15) is 0 Å². The molecule has 176 valence electrons. The van der Waals surface area contributed by atoms with Crippen molar-refractivity contribution in [1.29, 1.82) is 0 Å². The number of anilines is 1. The van der Waals surface area contributed by atoms with Crippen LogP contribution in [0.15, 0.2) is 72.8 Å². The molecule has 1 aliphatic heterocycles. The number of carbonyl (C=O) groups excluding carboxylic acids is 2. The van der Waals surface area contributed by atoms with Crippen molar-refractivity contribution in [3.05, 3.63) is 101 Å². The van der Waals surface area contributed by atoms with Crippen molar-refractivity contribution in [2.24, 2.45) is 0 Å². The lowest BCUT2D eigenvalue weighted by Crippen LogP contribution is -2.45. The molecule has 0 saturated carbocycles. The van der Waals surface area contributed by atoms with Crippen LogP contribution in [0, 0.1) is 11.6 Å². The second-order valence-electron chi connectivity index (χ2n) is 9.29. The summed E-state index contributed by atoms with van der Waals surface area (Å²) in [6.45, 7) is 6.28. The fourth-order valence-electron chi connectivity index (χ4n) is 3.89. The van der Waals surface area contributed by atoms with E-state index in [0.29, 0.717) is 22.6 Å². The lowest BCUT2D eigenvalue weighted by molar-refractivity contribution is -0.119. The minimum atomic E-state index is -0.780. The Kier molecular flexibility index (Phi) is 6.75. The van der Waals surface area contributed by atoms with Gasteiger partial charge in [0.05, 0.1) is 0 Å². The molecule has 1 fully saturated rings. The first-order chi connectivity index (χ1) is 16.1. The molecule has 2 amide bonds. The van der Waals surface area contributed by atoms with Crippen LogP contribution in [-0.2, 0) is 10.2 Å². The van der Waals surface area contributed by atoms with Crippen LogP contribution in [0.5, 0.6) is 0 Å². The quantitative estimate of drug-likeness (QED) is 0.487. The zero-order valence-electron chi connectivity index (χ0n) is 19.2. The summed E-state index contributed by atoms with van der Waals surface area (Å²) in [6, 6.07) is 18.1. The predicted molar refractivity (Wildman–Crippen MR) is 132 cm³/mol. The van der Waals surface area contributed by atoms with Crippen LogP contribution in [0.1, 0.15) is 47.6 Å². The molecule has 4 nitrogen and oxygen atoms in total. The van der Waals surface area contributed by atoms with E-state index in [-0.39, 0.29) is 17.2 Å². The summed E-state index contributed by atoms with van der Waals surface area (Å²) in [5.41, 5.74) is 2.53. The van der Waals surface area contributed by atoms with Crippen LogP contribution in [0.2, 0.25) is 0 Å². The topological polar surface area (TPSA) is 49.4 Å². The number of thioether (sulfide) groups is 1. The highest BCUT2D eigenvalue weighted by Crippen LogP contribution is 2.42. The number of hydrogen-bond acceptors (Lipinski definition) is 3. The standard InChI is InChI=1S/C27H26F2N2O2S/c1-27(2,3)19-9-7-17(8-10-19)25(33)31-23(24(32)30-22-13-11-20(28)12-14-22)16-34-26(31)18-5-4-6-21(29)15-18/h4-15,23,26H,16H2,1-3H3,(H,30,32). The van der Waals surface area contributed by atoms with Crippen molar-refractivity contribution in [1.82, 2.24) is 4.90 Å². The molecule has 0 spiro atoms. The maximum absolute atomic E-state index is 14.0. The Bertz CT molecular complexity index is 1190. The molecule has 3 aromatic carbocycles. The van der Waals surface area contributed by atoms with Crippen LogP contribution in [0.4, 0.5) is 14.5 Å². The summed E-state index contributed by atoms with van der Waals surface area (Å²) < 4.78 is 27.2. The van der Waals surface area contributed by atoms with E-state index in [4.69, 9.17) is 0 Å². The van der Waals surface area contributed by atoms with Gasteiger partial charge in [0.15, 0.2) is 0 Å². The molecule has 1 N–H and O–H groups in total. The number of hydrogen-bond donors (Lipinski definition) is 1.